The van der Waals surface area contributed by atoms with Crippen LogP contribution in [0.5, 0.6) is 5.75 Å². The van der Waals surface area contributed by atoms with Crippen molar-refractivity contribution in [3.05, 3.63) is 29.8 Å². The smallest absolute Gasteiger partial charge is 0.334 e. The highest BCUT2D eigenvalue weighted by Crippen LogP contribution is 2.14. The minimum Gasteiger partial charge on any atom is -0.494 e. The normalized spacial score (nSPS) is 13.3. The molecule has 1 aromatic rings. The summed E-state index contributed by atoms with van der Waals surface area (Å²) in [5.41, 5.74) is 0.799. The highest BCUT2D eigenvalue weighted by Gasteiger charge is 2.26. The fourth-order valence-electron chi connectivity index (χ4n) is 1.82. The average molecular weight is 281 g/mol. The Kier molecular flexibility index (Phi) is 5.99. The maximum absolute atomic E-state index is 11.1. The Morgan fingerprint density at radius 2 is 1.90 bits per heavy atom. The number of aliphatic hydroxyl groups is 1. The number of carboxylic acid groups (broad SMARTS) is 1. The third-order valence-electron chi connectivity index (χ3n) is 2.71. The predicted molar refractivity (Wildman–Crippen MR) is 72.6 cm³/mol. The zero-order chi connectivity index (χ0) is 15.1. The number of rotatable bonds is 7. The third kappa shape index (κ3) is 4.89. The van der Waals surface area contributed by atoms with E-state index >= 15 is 0 Å². The van der Waals surface area contributed by atoms with Gasteiger partial charge in [0.2, 0.25) is 5.91 Å². The highest BCUT2D eigenvalue weighted by atomic mass is 16.5. The zero-order valence-electron chi connectivity index (χ0n) is 11.5. The molecule has 0 spiro atoms. The van der Waals surface area contributed by atoms with Crippen LogP contribution in [0, 0.1) is 0 Å². The second kappa shape index (κ2) is 7.49. The van der Waals surface area contributed by atoms with Crippen molar-refractivity contribution in [1.82, 2.24) is 5.32 Å². The van der Waals surface area contributed by atoms with E-state index in [2.05, 4.69) is 5.32 Å². The lowest BCUT2D eigenvalue weighted by Gasteiger charge is -2.20. The van der Waals surface area contributed by atoms with Crippen molar-refractivity contribution in [2.75, 3.05) is 6.61 Å². The maximum atomic E-state index is 11.1. The fraction of sp³-hybridized carbons (Fsp3) is 0.429. The molecular formula is C14H19NO5. The molecule has 0 saturated heterocycles. The molecule has 1 amide bonds. The Bertz CT molecular complexity index is 457. The third-order valence-corrected chi connectivity index (χ3v) is 2.71. The number of ether oxygens (including phenoxy) is 1. The van der Waals surface area contributed by atoms with Gasteiger partial charge in [0.1, 0.15) is 5.75 Å². The second-order valence-corrected chi connectivity index (χ2v) is 4.37. The Labute approximate surface area is 117 Å². The van der Waals surface area contributed by atoms with Crippen molar-refractivity contribution in [3.63, 3.8) is 0 Å². The van der Waals surface area contributed by atoms with Gasteiger partial charge in [-0.3, -0.25) is 4.79 Å². The van der Waals surface area contributed by atoms with Gasteiger partial charge in [-0.15, -0.1) is 0 Å². The van der Waals surface area contributed by atoms with Gasteiger partial charge in [-0.05, 0) is 31.0 Å². The van der Waals surface area contributed by atoms with Gasteiger partial charge < -0.3 is 20.3 Å². The monoisotopic (exact) mass is 281 g/mol. The second-order valence-electron chi connectivity index (χ2n) is 4.37. The maximum Gasteiger partial charge on any atom is 0.334 e. The summed E-state index contributed by atoms with van der Waals surface area (Å²) in [7, 11) is 0. The zero-order valence-corrected chi connectivity index (χ0v) is 11.5. The van der Waals surface area contributed by atoms with Crippen LogP contribution in [0.4, 0.5) is 0 Å². The van der Waals surface area contributed by atoms with Crippen LogP contribution in [-0.2, 0) is 16.0 Å². The number of benzene rings is 1. The molecule has 2 atom stereocenters. The summed E-state index contributed by atoms with van der Waals surface area (Å²) in [5, 5.41) is 20.9. The summed E-state index contributed by atoms with van der Waals surface area (Å²) < 4.78 is 5.30. The average Bonchev–Trinajstić information content (AvgIpc) is 2.39. The molecule has 0 aliphatic carbocycles. The molecule has 1 rings (SSSR count). The molecule has 0 aliphatic rings. The van der Waals surface area contributed by atoms with E-state index < -0.39 is 18.1 Å². The molecule has 3 N–H and O–H groups in total. The number of hydrogen-bond donors (Lipinski definition) is 3. The number of aliphatic carboxylic acids is 1. The van der Waals surface area contributed by atoms with E-state index in [1.54, 1.807) is 24.3 Å². The Balaban J connectivity index is 2.78. The van der Waals surface area contributed by atoms with Crippen molar-refractivity contribution in [2.24, 2.45) is 0 Å². The summed E-state index contributed by atoms with van der Waals surface area (Å²) in [5.74, 6) is -1.04. The molecule has 20 heavy (non-hydrogen) atoms. The molecule has 2 unspecified atom stereocenters. The minimum atomic E-state index is -1.65. The molecule has 0 fully saturated rings. The molecule has 0 saturated carbocycles. The molecule has 0 aliphatic heterocycles. The summed E-state index contributed by atoms with van der Waals surface area (Å²) in [6.07, 6.45) is -1.43. The molecule has 0 aromatic heterocycles. The van der Waals surface area contributed by atoms with Gasteiger partial charge in [-0.2, -0.15) is 0 Å². The van der Waals surface area contributed by atoms with Crippen molar-refractivity contribution in [1.29, 1.82) is 0 Å². The van der Waals surface area contributed by atoms with Crippen LogP contribution in [-0.4, -0.2) is 40.8 Å². The summed E-state index contributed by atoms with van der Waals surface area (Å²) in [4.78, 5) is 21.9. The van der Waals surface area contributed by atoms with E-state index in [9.17, 15) is 14.7 Å². The van der Waals surface area contributed by atoms with E-state index in [0.717, 1.165) is 5.56 Å². The number of nitrogens with one attached hydrogen (secondary N) is 1. The SMILES string of the molecule is CCOc1ccc(CC(NC(C)=O)C(O)C(=O)O)cc1. The quantitative estimate of drug-likeness (QED) is 0.679. The van der Waals surface area contributed by atoms with E-state index in [4.69, 9.17) is 9.84 Å². The predicted octanol–water partition coefficient (Wildman–Crippen LogP) is 0.578. The number of carboxylic acids is 1. The standard InChI is InChI=1S/C14H19NO5/c1-3-20-11-6-4-10(5-7-11)8-12(15-9(2)16)13(17)14(18)19/h4-7,12-13,17H,3,8H2,1-2H3,(H,15,16)(H,18,19). The van der Waals surface area contributed by atoms with E-state index in [-0.39, 0.29) is 12.3 Å². The Morgan fingerprint density at radius 1 is 1.30 bits per heavy atom. The van der Waals surface area contributed by atoms with Gasteiger partial charge in [-0.25, -0.2) is 4.79 Å². The largest absolute Gasteiger partial charge is 0.494 e. The van der Waals surface area contributed by atoms with Crippen LogP contribution < -0.4 is 10.1 Å². The Hall–Kier alpha value is -2.08. The van der Waals surface area contributed by atoms with Crippen LogP contribution in [0.15, 0.2) is 24.3 Å². The van der Waals surface area contributed by atoms with Crippen LogP contribution >= 0.6 is 0 Å². The number of carbonyl (C=O) groups is 2. The summed E-state index contributed by atoms with van der Waals surface area (Å²) in [6, 6.07) is 6.19. The summed E-state index contributed by atoms with van der Waals surface area (Å²) >= 11 is 0. The number of carbonyl (C=O) groups excluding carboxylic acids is 1. The topological polar surface area (TPSA) is 95.9 Å². The van der Waals surface area contributed by atoms with Crippen LogP contribution in [0.2, 0.25) is 0 Å². The first-order valence-corrected chi connectivity index (χ1v) is 6.33. The van der Waals surface area contributed by atoms with Crippen LogP contribution in [0.3, 0.4) is 0 Å². The van der Waals surface area contributed by atoms with Crippen molar-refractivity contribution in [3.8, 4) is 5.75 Å². The van der Waals surface area contributed by atoms with Gasteiger partial charge in [0.15, 0.2) is 6.10 Å². The van der Waals surface area contributed by atoms with E-state index in [1.807, 2.05) is 6.92 Å². The fourth-order valence-corrected chi connectivity index (χ4v) is 1.82. The first-order chi connectivity index (χ1) is 9.43. The molecule has 110 valence electrons. The lowest BCUT2D eigenvalue weighted by molar-refractivity contribution is -0.148. The van der Waals surface area contributed by atoms with E-state index in [1.165, 1.54) is 6.92 Å². The van der Waals surface area contributed by atoms with Gasteiger partial charge in [0.25, 0.3) is 0 Å². The van der Waals surface area contributed by atoms with Crippen molar-refractivity contribution < 1.29 is 24.5 Å². The van der Waals surface area contributed by atoms with Gasteiger partial charge in [0, 0.05) is 6.92 Å². The minimum absolute atomic E-state index is 0.222. The number of hydrogen-bond acceptors (Lipinski definition) is 4. The number of amides is 1. The van der Waals surface area contributed by atoms with Crippen molar-refractivity contribution in [2.45, 2.75) is 32.4 Å². The van der Waals surface area contributed by atoms with Gasteiger partial charge >= 0.3 is 5.97 Å². The molecule has 6 nitrogen and oxygen atoms in total. The summed E-state index contributed by atoms with van der Waals surface area (Å²) in [6.45, 7) is 3.72. The molecule has 0 heterocycles. The molecule has 6 heteroatoms. The van der Waals surface area contributed by atoms with Gasteiger partial charge in [0.05, 0.1) is 12.6 Å². The molecular weight excluding hydrogens is 262 g/mol. The van der Waals surface area contributed by atoms with Crippen LogP contribution in [0.25, 0.3) is 0 Å². The van der Waals surface area contributed by atoms with Gasteiger partial charge in [-0.1, -0.05) is 12.1 Å². The molecule has 1 aromatic carbocycles. The number of aliphatic hydroxyl groups excluding tert-OH is 1. The lowest BCUT2D eigenvalue weighted by Crippen LogP contribution is -2.47. The first-order valence-electron chi connectivity index (χ1n) is 6.33. The Morgan fingerprint density at radius 3 is 2.35 bits per heavy atom. The van der Waals surface area contributed by atoms with Crippen LogP contribution in [0.1, 0.15) is 19.4 Å². The highest BCUT2D eigenvalue weighted by molar-refractivity contribution is 5.77. The lowest BCUT2D eigenvalue weighted by atomic mass is 10.0. The first kappa shape index (κ1) is 16.0. The van der Waals surface area contributed by atoms with Crippen molar-refractivity contribution >= 4 is 11.9 Å². The molecule has 0 radical (unpaired) electrons. The van der Waals surface area contributed by atoms with E-state index in [0.29, 0.717) is 12.4 Å². The molecule has 0 bridgehead atoms.